The van der Waals surface area contributed by atoms with Gasteiger partial charge in [0.2, 0.25) is 0 Å². The van der Waals surface area contributed by atoms with Gasteiger partial charge in [0.15, 0.2) is 5.82 Å². The molecule has 0 aliphatic heterocycles. The number of hydrogen-bond acceptors (Lipinski definition) is 4. The Labute approximate surface area is 75.2 Å². The molecule has 2 heterocycles. The van der Waals surface area contributed by atoms with Crippen LogP contribution < -0.4 is 5.73 Å². The van der Waals surface area contributed by atoms with Gasteiger partial charge in [-0.3, -0.25) is 0 Å². The summed E-state index contributed by atoms with van der Waals surface area (Å²) in [5.74, 6) is 1.20. The smallest absolute Gasteiger partial charge is 0.176 e. The summed E-state index contributed by atoms with van der Waals surface area (Å²) < 4.78 is 1.65. The monoisotopic (exact) mass is 175 g/mol. The van der Waals surface area contributed by atoms with Gasteiger partial charge in [0.05, 0.1) is 0 Å². The molecule has 0 bridgehead atoms. The van der Waals surface area contributed by atoms with Crippen LogP contribution in [0.1, 0.15) is 0 Å². The van der Waals surface area contributed by atoms with Crippen molar-refractivity contribution in [3.8, 4) is 11.5 Å². The van der Waals surface area contributed by atoms with E-state index in [0.717, 1.165) is 5.69 Å². The molecule has 0 atom stereocenters. The molecule has 0 spiro atoms. The number of anilines is 1. The quantitative estimate of drug-likeness (QED) is 0.683. The van der Waals surface area contributed by atoms with E-state index in [1.54, 1.807) is 10.7 Å². The van der Waals surface area contributed by atoms with Gasteiger partial charge < -0.3 is 5.73 Å². The molecule has 13 heavy (non-hydrogen) atoms. The maximum atomic E-state index is 5.55. The van der Waals surface area contributed by atoms with Crippen LogP contribution in [0.15, 0.2) is 24.5 Å². The Bertz CT molecular complexity index is 420. The van der Waals surface area contributed by atoms with Gasteiger partial charge in [0.1, 0.15) is 17.8 Å². The molecule has 66 valence electrons. The first-order chi connectivity index (χ1) is 6.27. The molecule has 2 aromatic rings. The Morgan fingerprint density at radius 3 is 2.85 bits per heavy atom. The van der Waals surface area contributed by atoms with E-state index in [0.29, 0.717) is 11.6 Å². The number of hydrogen-bond donors (Lipinski definition) is 1. The molecule has 5 nitrogen and oxygen atoms in total. The summed E-state index contributed by atoms with van der Waals surface area (Å²) in [6, 6.07) is 5.42. The third-order valence-electron chi connectivity index (χ3n) is 1.71. The molecule has 5 heteroatoms. The second-order valence-electron chi connectivity index (χ2n) is 2.65. The Kier molecular flexibility index (Phi) is 1.70. The van der Waals surface area contributed by atoms with Gasteiger partial charge in [-0.25, -0.2) is 14.6 Å². The van der Waals surface area contributed by atoms with Crippen molar-refractivity contribution in [1.29, 1.82) is 0 Å². The normalized spacial score (nSPS) is 10.2. The molecule has 0 aromatic carbocycles. The van der Waals surface area contributed by atoms with E-state index in [2.05, 4.69) is 15.1 Å². The van der Waals surface area contributed by atoms with E-state index in [9.17, 15) is 0 Å². The van der Waals surface area contributed by atoms with E-state index in [4.69, 9.17) is 5.73 Å². The summed E-state index contributed by atoms with van der Waals surface area (Å²) in [5.41, 5.74) is 6.28. The lowest BCUT2D eigenvalue weighted by Gasteiger charge is -1.99. The third-order valence-corrected chi connectivity index (χ3v) is 1.71. The number of aromatic nitrogens is 4. The molecule has 2 aromatic heterocycles. The first-order valence-electron chi connectivity index (χ1n) is 3.84. The van der Waals surface area contributed by atoms with Gasteiger partial charge in [-0.05, 0) is 12.1 Å². The van der Waals surface area contributed by atoms with Crippen LogP contribution in [-0.2, 0) is 7.05 Å². The van der Waals surface area contributed by atoms with Crippen molar-refractivity contribution in [3.63, 3.8) is 0 Å². The van der Waals surface area contributed by atoms with Crippen LogP contribution in [0.25, 0.3) is 11.5 Å². The summed E-state index contributed by atoms with van der Waals surface area (Å²) in [6.45, 7) is 0. The van der Waals surface area contributed by atoms with Gasteiger partial charge >= 0.3 is 0 Å². The number of nitrogens with two attached hydrogens (primary N) is 1. The zero-order valence-electron chi connectivity index (χ0n) is 7.18. The topological polar surface area (TPSA) is 69.6 Å². The second kappa shape index (κ2) is 2.85. The summed E-state index contributed by atoms with van der Waals surface area (Å²) in [7, 11) is 1.81. The summed E-state index contributed by atoms with van der Waals surface area (Å²) >= 11 is 0. The average molecular weight is 175 g/mol. The van der Waals surface area contributed by atoms with Gasteiger partial charge in [-0.1, -0.05) is 6.07 Å². The number of aryl methyl sites for hydroxylation is 1. The molecular formula is C8H9N5. The Hall–Kier alpha value is -1.91. The zero-order valence-corrected chi connectivity index (χ0v) is 7.18. The first kappa shape index (κ1) is 7.72. The Morgan fingerprint density at radius 1 is 1.38 bits per heavy atom. The van der Waals surface area contributed by atoms with Crippen molar-refractivity contribution in [3.05, 3.63) is 24.5 Å². The van der Waals surface area contributed by atoms with Crippen LogP contribution in [0, 0.1) is 0 Å². The number of pyridine rings is 1. The van der Waals surface area contributed by atoms with E-state index in [1.165, 1.54) is 6.33 Å². The van der Waals surface area contributed by atoms with Crippen LogP contribution in [0.5, 0.6) is 0 Å². The molecule has 0 aliphatic rings. The molecule has 0 unspecified atom stereocenters. The van der Waals surface area contributed by atoms with Crippen LogP contribution >= 0.6 is 0 Å². The fourth-order valence-corrected chi connectivity index (χ4v) is 1.10. The largest absolute Gasteiger partial charge is 0.384 e. The highest BCUT2D eigenvalue weighted by Crippen LogP contribution is 2.13. The minimum atomic E-state index is 0.487. The van der Waals surface area contributed by atoms with E-state index in [1.807, 2.05) is 19.2 Å². The second-order valence-corrected chi connectivity index (χ2v) is 2.65. The number of nitrogen functional groups attached to an aromatic ring is 1. The van der Waals surface area contributed by atoms with Crippen molar-refractivity contribution in [1.82, 2.24) is 19.7 Å². The molecule has 2 N–H and O–H groups in total. The first-order valence-corrected chi connectivity index (χ1v) is 3.84. The van der Waals surface area contributed by atoms with Gasteiger partial charge in [-0.15, -0.1) is 0 Å². The predicted molar refractivity (Wildman–Crippen MR) is 48.6 cm³/mol. The predicted octanol–water partition coefficient (Wildman–Crippen LogP) is 0.459. The van der Waals surface area contributed by atoms with E-state index >= 15 is 0 Å². The van der Waals surface area contributed by atoms with Crippen LogP contribution in [-0.4, -0.2) is 19.7 Å². The highest BCUT2D eigenvalue weighted by atomic mass is 15.3. The number of nitrogens with zero attached hydrogens (tertiary/aromatic N) is 4. The minimum Gasteiger partial charge on any atom is -0.384 e. The molecule has 0 amide bonds. The Balaban J connectivity index is 2.53. The van der Waals surface area contributed by atoms with Crippen molar-refractivity contribution in [2.75, 3.05) is 5.73 Å². The fraction of sp³-hybridized carbons (Fsp3) is 0.125. The van der Waals surface area contributed by atoms with Crippen molar-refractivity contribution >= 4 is 5.82 Å². The SMILES string of the molecule is Cn1ncnc1-c1cccc(N)n1. The van der Waals surface area contributed by atoms with Gasteiger partial charge in [0.25, 0.3) is 0 Å². The molecule has 0 saturated heterocycles. The van der Waals surface area contributed by atoms with Crippen LogP contribution in [0.2, 0.25) is 0 Å². The highest BCUT2D eigenvalue weighted by Gasteiger charge is 2.04. The summed E-state index contributed by atoms with van der Waals surface area (Å²) in [6.07, 6.45) is 1.49. The van der Waals surface area contributed by atoms with Crippen molar-refractivity contribution in [2.45, 2.75) is 0 Å². The summed E-state index contributed by atoms with van der Waals surface area (Å²) in [5, 5.41) is 3.95. The molecule has 2 rings (SSSR count). The standard InChI is InChI=1S/C8H9N5/c1-13-8(10-5-11-13)6-3-2-4-7(9)12-6/h2-5H,1H3,(H2,9,12). The van der Waals surface area contributed by atoms with E-state index in [-0.39, 0.29) is 0 Å². The van der Waals surface area contributed by atoms with Crippen LogP contribution in [0.3, 0.4) is 0 Å². The van der Waals surface area contributed by atoms with Gasteiger partial charge in [-0.2, -0.15) is 5.10 Å². The third kappa shape index (κ3) is 1.35. The molecular weight excluding hydrogens is 166 g/mol. The fourth-order valence-electron chi connectivity index (χ4n) is 1.10. The lowest BCUT2D eigenvalue weighted by molar-refractivity contribution is 0.772. The maximum Gasteiger partial charge on any atom is 0.176 e. The Morgan fingerprint density at radius 2 is 2.23 bits per heavy atom. The highest BCUT2D eigenvalue weighted by molar-refractivity contribution is 5.51. The summed E-state index contributed by atoms with van der Waals surface area (Å²) in [4.78, 5) is 8.19. The zero-order chi connectivity index (χ0) is 9.26. The molecule has 0 radical (unpaired) electrons. The molecule has 0 saturated carbocycles. The lowest BCUT2D eigenvalue weighted by Crippen LogP contribution is -1.98. The van der Waals surface area contributed by atoms with Crippen molar-refractivity contribution < 1.29 is 0 Å². The lowest BCUT2D eigenvalue weighted by atomic mass is 10.3. The minimum absolute atomic E-state index is 0.487. The molecule has 0 aliphatic carbocycles. The van der Waals surface area contributed by atoms with Crippen LogP contribution in [0.4, 0.5) is 5.82 Å². The van der Waals surface area contributed by atoms with Gasteiger partial charge in [0, 0.05) is 7.05 Å². The number of rotatable bonds is 1. The maximum absolute atomic E-state index is 5.55. The average Bonchev–Trinajstić information content (AvgIpc) is 2.51. The molecule has 0 fully saturated rings. The van der Waals surface area contributed by atoms with Crippen molar-refractivity contribution in [2.24, 2.45) is 7.05 Å². The van der Waals surface area contributed by atoms with E-state index < -0.39 is 0 Å².